The molecular weight excluding hydrogens is 416 g/mol. The van der Waals surface area contributed by atoms with E-state index in [0.717, 1.165) is 48.3 Å². The van der Waals surface area contributed by atoms with Gasteiger partial charge in [-0.05, 0) is 68.4 Å². The van der Waals surface area contributed by atoms with Crippen LogP contribution < -0.4 is 14.8 Å². The predicted molar refractivity (Wildman–Crippen MR) is 126 cm³/mol. The summed E-state index contributed by atoms with van der Waals surface area (Å²) in [5.41, 5.74) is 3.32. The molecule has 7 nitrogen and oxygen atoms in total. The van der Waals surface area contributed by atoms with Gasteiger partial charge in [0.1, 0.15) is 5.82 Å². The number of aromatic nitrogens is 3. The Hall–Kier alpha value is -3.48. The Morgan fingerprint density at radius 2 is 1.79 bits per heavy atom. The van der Waals surface area contributed by atoms with Gasteiger partial charge in [-0.15, -0.1) is 0 Å². The standard InChI is InChI=1S/C26H30N4O3/c1-18-28-16-22(20-11-13-27-14-12-20)26(30-18)21-9-7-19(8-10-21)15-29-25(31)17-33-24-6-4-3-5-23(24)32-2/h3-6,11-14,16,19,21H,7-10,15,17H2,1-2H3,(H,29,31). The molecule has 0 spiro atoms. The van der Waals surface area contributed by atoms with E-state index in [-0.39, 0.29) is 12.5 Å². The number of rotatable bonds is 8. The number of methoxy groups -OCH3 is 1. The van der Waals surface area contributed by atoms with Crippen LogP contribution >= 0.6 is 0 Å². The summed E-state index contributed by atoms with van der Waals surface area (Å²) in [6.07, 6.45) is 9.74. The maximum Gasteiger partial charge on any atom is 0.257 e. The van der Waals surface area contributed by atoms with Gasteiger partial charge in [-0.3, -0.25) is 9.78 Å². The molecule has 7 heteroatoms. The lowest BCUT2D eigenvalue weighted by atomic mass is 9.79. The van der Waals surface area contributed by atoms with Crippen LogP contribution in [0.2, 0.25) is 0 Å². The first-order chi connectivity index (χ1) is 16.1. The highest BCUT2D eigenvalue weighted by Gasteiger charge is 2.26. The third kappa shape index (κ3) is 5.86. The normalized spacial score (nSPS) is 17.9. The average molecular weight is 447 g/mol. The van der Waals surface area contributed by atoms with Crippen LogP contribution in [0.4, 0.5) is 0 Å². The Morgan fingerprint density at radius 1 is 1.06 bits per heavy atom. The SMILES string of the molecule is COc1ccccc1OCC(=O)NCC1CCC(c2nc(C)ncc2-c2ccncc2)CC1. The molecule has 0 aliphatic heterocycles. The number of benzene rings is 1. The summed E-state index contributed by atoms with van der Waals surface area (Å²) >= 11 is 0. The van der Waals surface area contributed by atoms with Crippen LogP contribution in [0.15, 0.2) is 55.0 Å². The maximum atomic E-state index is 12.3. The highest BCUT2D eigenvalue weighted by atomic mass is 16.5. The summed E-state index contributed by atoms with van der Waals surface area (Å²) in [5.74, 6) is 2.73. The van der Waals surface area contributed by atoms with Crippen LogP contribution in [0.5, 0.6) is 11.5 Å². The van der Waals surface area contributed by atoms with Crippen molar-refractivity contribution in [1.82, 2.24) is 20.3 Å². The highest BCUT2D eigenvalue weighted by Crippen LogP contribution is 2.38. The van der Waals surface area contributed by atoms with Crippen molar-refractivity contribution in [1.29, 1.82) is 0 Å². The zero-order valence-electron chi connectivity index (χ0n) is 19.2. The Morgan fingerprint density at radius 3 is 2.52 bits per heavy atom. The minimum atomic E-state index is -0.116. The molecule has 1 N–H and O–H groups in total. The van der Waals surface area contributed by atoms with Gasteiger partial charge in [-0.1, -0.05) is 12.1 Å². The van der Waals surface area contributed by atoms with Crippen molar-refractivity contribution < 1.29 is 14.3 Å². The van der Waals surface area contributed by atoms with Crippen LogP contribution in [0.1, 0.15) is 43.1 Å². The summed E-state index contributed by atoms with van der Waals surface area (Å²) in [6, 6.07) is 11.3. The number of nitrogens with one attached hydrogen (secondary N) is 1. The van der Waals surface area contributed by atoms with Crippen molar-refractivity contribution in [2.75, 3.05) is 20.3 Å². The third-order valence-corrected chi connectivity index (χ3v) is 6.18. The van der Waals surface area contributed by atoms with Crippen LogP contribution in [0.25, 0.3) is 11.1 Å². The predicted octanol–water partition coefficient (Wildman–Crippen LogP) is 4.32. The Kier molecular flexibility index (Phi) is 7.50. The number of carbonyl (C=O) groups is 1. The van der Waals surface area contributed by atoms with E-state index in [4.69, 9.17) is 14.5 Å². The molecule has 0 unspecified atom stereocenters. The van der Waals surface area contributed by atoms with E-state index >= 15 is 0 Å². The van der Waals surface area contributed by atoms with E-state index in [1.165, 1.54) is 0 Å². The fraction of sp³-hybridized carbons (Fsp3) is 0.385. The van der Waals surface area contributed by atoms with Crippen LogP contribution in [0, 0.1) is 12.8 Å². The molecular formula is C26H30N4O3. The van der Waals surface area contributed by atoms with Crippen LogP contribution in [-0.2, 0) is 4.79 Å². The molecule has 1 fully saturated rings. The largest absolute Gasteiger partial charge is 0.493 e. The smallest absolute Gasteiger partial charge is 0.257 e. The van der Waals surface area contributed by atoms with Crippen molar-refractivity contribution >= 4 is 5.91 Å². The van der Waals surface area contributed by atoms with Crippen molar-refractivity contribution in [3.63, 3.8) is 0 Å². The lowest BCUT2D eigenvalue weighted by molar-refractivity contribution is -0.123. The minimum absolute atomic E-state index is 0.0226. The monoisotopic (exact) mass is 446 g/mol. The summed E-state index contributed by atoms with van der Waals surface area (Å²) in [6.45, 7) is 2.58. The van der Waals surface area contributed by atoms with Gasteiger partial charge < -0.3 is 14.8 Å². The van der Waals surface area contributed by atoms with Gasteiger partial charge in [0, 0.05) is 36.6 Å². The molecule has 33 heavy (non-hydrogen) atoms. The molecule has 1 aliphatic carbocycles. The number of nitrogens with zero attached hydrogens (tertiary/aromatic N) is 3. The lowest BCUT2D eigenvalue weighted by Crippen LogP contribution is -2.34. The summed E-state index contributed by atoms with van der Waals surface area (Å²) in [4.78, 5) is 25.6. The van der Waals surface area contributed by atoms with E-state index in [9.17, 15) is 4.79 Å². The van der Waals surface area contributed by atoms with Gasteiger partial charge in [-0.25, -0.2) is 9.97 Å². The molecule has 0 bridgehead atoms. The molecule has 1 saturated carbocycles. The van der Waals surface area contributed by atoms with Gasteiger partial charge in [0.2, 0.25) is 0 Å². The molecule has 0 saturated heterocycles. The van der Waals surface area contributed by atoms with E-state index in [0.29, 0.717) is 29.9 Å². The number of para-hydroxylation sites is 2. The average Bonchev–Trinajstić information content (AvgIpc) is 2.87. The summed E-state index contributed by atoms with van der Waals surface area (Å²) in [5, 5.41) is 3.02. The van der Waals surface area contributed by atoms with Crippen LogP contribution in [0.3, 0.4) is 0 Å². The first-order valence-electron chi connectivity index (χ1n) is 11.4. The molecule has 1 aliphatic rings. The van der Waals surface area contributed by atoms with Crippen molar-refractivity contribution in [3.05, 3.63) is 66.5 Å². The number of pyridine rings is 1. The zero-order valence-corrected chi connectivity index (χ0v) is 19.2. The van der Waals surface area contributed by atoms with E-state index in [2.05, 4.69) is 15.3 Å². The fourth-order valence-electron chi connectivity index (χ4n) is 4.38. The molecule has 3 aromatic rings. The Bertz CT molecular complexity index is 1070. The molecule has 0 atom stereocenters. The molecule has 172 valence electrons. The molecule has 0 radical (unpaired) electrons. The number of aryl methyl sites for hydroxylation is 1. The number of carbonyl (C=O) groups excluding carboxylic acids is 1. The first kappa shape index (κ1) is 22.7. The quantitative estimate of drug-likeness (QED) is 0.554. The van der Waals surface area contributed by atoms with E-state index < -0.39 is 0 Å². The zero-order chi connectivity index (χ0) is 23.0. The van der Waals surface area contributed by atoms with Crippen molar-refractivity contribution in [2.24, 2.45) is 5.92 Å². The molecule has 2 heterocycles. The van der Waals surface area contributed by atoms with Gasteiger partial charge in [-0.2, -0.15) is 0 Å². The van der Waals surface area contributed by atoms with Gasteiger partial charge >= 0.3 is 0 Å². The number of amides is 1. The van der Waals surface area contributed by atoms with E-state index in [1.54, 1.807) is 25.6 Å². The number of hydrogen-bond acceptors (Lipinski definition) is 6. The van der Waals surface area contributed by atoms with Crippen molar-refractivity contribution in [2.45, 2.75) is 38.5 Å². The van der Waals surface area contributed by atoms with Gasteiger partial charge in [0.05, 0.1) is 12.8 Å². The Labute approximate surface area is 194 Å². The summed E-state index contributed by atoms with van der Waals surface area (Å²) < 4.78 is 10.9. The topological polar surface area (TPSA) is 86.2 Å². The molecule has 1 aromatic carbocycles. The Balaban J connectivity index is 1.28. The fourth-order valence-corrected chi connectivity index (χ4v) is 4.38. The van der Waals surface area contributed by atoms with Gasteiger partial charge in [0.25, 0.3) is 5.91 Å². The minimum Gasteiger partial charge on any atom is -0.493 e. The van der Waals surface area contributed by atoms with E-state index in [1.807, 2.05) is 43.5 Å². The molecule has 2 aromatic heterocycles. The second-order valence-corrected chi connectivity index (χ2v) is 8.41. The highest BCUT2D eigenvalue weighted by molar-refractivity contribution is 5.77. The number of hydrogen-bond donors (Lipinski definition) is 1. The summed E-state index contributed by atoms with van der Waals surface area (Å²) in [7, 11) is 1.58. The molecule has 4 rings (SSSR count). The third-order valence-electron chi connectivity index (χ3n) is 6.18. The van der Waals surface area contributed by atoms with Crippen LogP contribution in [-0.4, -0.2) is 41.1 Å². The first-order valence-corrected chi connectivity index (χ1v) is 11.4. The number of ether oxygens (including phenoxy) is 2. The second kappa shape index (κ2) is 10.9. The van der Waals surface area contributed by atoms with Gasteiger partial charge in [0.15, 0.2) is 18.1 Å². The second-order valence-electron chi connectivity index (χ2n) is 8.41. The molecule has 1 amide bonds. The van der Waals surface area contributed by atoms with Crippen molar-refractivity contribution in [3.8, 4) is 22.6 Å². The maximum absolute atomic E-state index is 12.3. The lowest BCUT2D eigenvalue weighted by Gasteiger charge is -2.29.